The van der Waals surface area contributed by atoms with Crippen LogP contribution in [0.5, 0.6) is 11.5 Å². The number of piperazine rings is 1. The highest BCUT2D eigenvalue weighted by Crippen LogP contribution is 2.39. The van der Waals surface area contributed by atoms with Crippen LogP contribution in [0.2, 0.25) is 0 Å². The molecule has 2 amide bonds. The zero-order valence-corrected chi connectivity index (χ0v) is 40.8. The molecule has 360 valence electrons. The molecule has 2 aliphatic heterocycles. The largest absolute Gasteiger partial charge is 0.507 e. The Balaban J connectivity index is 0.000000186. The maximum absolute atomic E-state index is 13.1. The number of aromatic hydroxyl groups is 2. The number of hydrogen-bond acceptors (Lipinski definition) is 15. The fourth-order valence-corrected chi connectivity index (χ4v) is 9.44. The highest BCUT2D eigenvalue weighted by Gasteiger charge is 2.26. The highest BCUT2D eigenvalue weighted by atomic mass is 16.3. The summed E-state index contributed by atoms with van der Waals surface area (Å²) < 4.78 is 1.71. The quantitative estimate of drug-likeness (QED) is 0.0651. The Labute approximate surface area is 401 Å². The molecule has 3 unspecified atom stereocenters. The molecule has 0 saturated carbocycles. The second-order valence-corrected chi connectivity index (χ2v) is 17.9. The third kappa shape index (κ3) is 9.67. The number of hydrogen-bond donors (Lipinski definition) is 7. The van der Waals surface area contributed by atoms with Gasteiger partial charge >= 0.3 is 0 Å². The van der Waals surface area contributed by atoms with Crippen LogP contribution in [0.25, 0.3) is 55.5 Å². The fourth-order valence-electron chi connectivity index (χ4n) is 9.44. The summed E-state index contributed by atoms with van der Waals surface area (Å²) in [5.74, 6) is 0.0218. The lowest BCUT2D eigenvalue weighted by Crippen LogP contribution is -2.54. The molecule has 18 heteroatoms. The minimum absolute atomic E-state index is 0.0163. The van der Waals surface area contributed by atoms with Gasteiger partial charge in [-0.3, -0.25) is 19.3 Å². The summed E-state index contributed by atoms with van der Waals surface area (Å²) in [6.07, 6.45) is 4.59. The van der Waals surface area contributed by atoms with Gasteiger partial charge in [0.2, 0.25) is 0 Å². The minimum Gasteiger partial charge on any atom is -0.507 e. The number of nitrogen functional groups attached to an aromatic ring is 1. The van der Waals surface area contributed by atoms with Gasteiger partial charge in [-0.15, -0.1) is 0 Å². The SMILES string of the molecule is CCNC(=O)c1nc(-c2cc(C=NC)c(N)c(C)c2O)nc2ccc(N3CC(C)NC(C)C3)cc12.CCNC1CCN(c2ccc3nc(-c4cc5cn(C)nc5c(C)c4O)nc(C(=O)NC)c3c2)C1. The van der Waals surface area contributed by atoms with Crippen LogP contribution in [0, 0.1) is 13.8 Å². The third-order valence-corrected chi connectivity index (χ3v) is 12.8. The number of nitrogens with zero attached hydrogens (tertiary/aromatic N) is 9. The summed E-state index contributed by atoms with van der Waals surface area (Å²) in [5, 5.41) is 41.1. The molecule has 0 aliphatic carbocycles. The molecule has 4 aromatic carbocycles. The Hall–Kier alpha value is -7.44. The summed E-state index contributed by atoms with van der Waals surface area (Å²) in [6.45, 7) is 16.9. The van der Waals surface area contributed by atoms with Gasteiger partial charge in [0, 0.05) is 134 Å². The van der Waals surface area contributed by atoms with Gasteiger partial charge in [-0.1, -0.05) is 6.92 Å². The van der Waals surface area contributed by atoms with Crippen LogP contribution in [0.1, 0.15) is 71.8 Å². The van der Waals surface area contributed by atoms with Gasteiger partial charge in [-0.05, 0) is 96.1 Å². The average Bonchev–Trinajstić information content (AvgIpc) is 3.97. The van der Waals surface area contributed by atoms with E-state index in [1.807, 2.05) is 69.6 Å². The molecule has 8 N–H and O–H groups in total. The smallest absolute Gasteiger partial charge is 0.270 e. The van der Waals surface area contributed by atoms with Crippen molar-refractivity contribution in [1.82, 2.24) is 51.0 Å². The summed E-state index contributed by atoms with van der Waals surface area (Å²) >= 11 is 0. The number of phenols is 2. The number of phenolic OH excluding ortho intramolecular Hbond substituents is 2. The van der Waals surface area contributed by atoms with Crippen molar-refractivity contribution in [1.29, 1.82) is 0 Å². The number of aryl methyl sites for hydroxylation is 2. The number of carbonyl (C=O) groups excluding carboxylic acids is 2. The molecule has 2 saturated heterocycles. The molecule has 5 heterocycles. The lowest BCUT2D eigenvalue weighted by atomic mass is 10.0. The number of rotatable bonds is 10. The summed E-state index contributed by atoms with van der Waals surface area (Å²) in [4.78, 5) is 53.4. The fraction of sp³-hybridized carbons (Fsp3) is 0.373. The summed E-state index contributed by atoms with van der Waals surface area (Å²) in [6, 6.07) is 16.6. The van der Waals surface area contributed by atoms with Crippen molar-refractivity contribution >= 4 is 67.8 Å². The second kappa shape index (κ2) is 20.0. The van der Waals surface area contributed by atoms with Crippen molar-refractivity contribution in [2.75, 3.05) is 68.9 Å². The van der Waals surface area contributed by atoms with E-state index in [0.717, 1.165) is 61.4 Å². The predicted molar refractivity (Wildman–Crippen MR) is 275 cm³/mol. The molecule has 3 atom stereocenters. The van der Waals surface area contributed by atoms with Gasteiger partial charge < -0.3 is 47.0 Å². The van der Waals surface area contributed by atoms with Crippen LogP contribution in [0.3, 0.4) is 0 Å². The number of nitrogens with two attached hydrogens (primary N) is 1. The molecule has 9 rings (SSSR count). The van der Waals surface area contributed by atoms with E-state index in [4.69, 9.17) is 15.7 Å². The van der Waals surface area contributed by atoms with Crippen LogP contribution in [-0.4, -0.2) is 129 Å². The molecule has 0 radical (unpaired) electrons. The molecule has 0 spiro atoms. The Morgan fingerprint density at radius 1 is 0.826 bits per heavy atom. The monoisotopic (exact) mass is 935 g/mol. The van der Waals surface area contributed by atoms with Gasteiger partial charge in [-0.25, -0.2) is 19.9 Å². The number of amides is 2. The number of benzene rings is 4. The zero-order valence-electron chi connectivity index (χ0n) is 40.8. The van der Waals surface area contributed by atoms with Crippen molar-refractivity contribution in [2.45, 2.75) is 66.1 Å². The van der Waals surface area contributed by atoms with Gasteiger partial charge in [0.15, 0.2) is 11.6 Å². The minimum atomic E-state index is -0.295. The maximum atomic E-state index is 13.1. The predicted octanol–water partition coefficient (Wildman–Crippen LogP) is 5.62. The number of nitrogens with one attached hydrogen (secondary N) is 4. The highest BCUT2D eigenvalue weighted by molar-refractivity contribution is 6.07. The van der Waals surface area contributed by atoms with Gasteiger partial charge in [0.1, 0.15) is 22.9 Å². The van der Waals surface area contributed by atoms with Crippen molar-refractivity contribution in [3.8, 4) is 34.3 Å². The molecule has 3 aromatic heterocycles. The maximum Gasteiger partial charge on any atom is 0.270 e. The van der Waals surface area contributed by atoms with E-state index >= 15 is 0 Å². The van der Waals surface area contributed by atoms with Crippen LogP contribution < -0.4 is 36.8 Å². The number of anilines is 3. The third-order valence-electron chi connectivity index (χ3n) is 12.8. The van der Waals surface area contributed by atoms with Crippen molar-refractivity contribution in [3.05, 3.63) is 82.8 Å². The lowest BCUT2D eigenvalue weighted by molar-refractivity contribution is 0.0947. The van der Waals surface area contributed by atoms with Crippen LogP contribution in [0.4, 0.5) is 17.1 Å². The van der Waals surface area contributed by atoms with Crippen LogP contribution in [-0.2, 0) is 7.05 Å². The standard InChI is InChI=1S/C26H33N7O2.C25H29N7O2/c1-6-29-26(35)23-19-10-18(33-12-14(2)30-15(3)13-33)7-8-21(19)31-25(32-23)20-9-17(11-28-5)22(27)16(4)24(20)34;1-5-27-16-8-9-32(13-16)17-6-7-20-18(11-17)22(25(34)26-3)29-24(28-20)19-10-15-12-31(4)30-21(15)14(2)23(19)33/h7-11,14-15,30,34H,6,12-13,27H2,1-5H3,(H,29,35);6-7,10-12,16,27,33H,5,8-9,13H2,1-4H3,(H,26,34). The first-order valence-corrected chi connectivity index (χ1v) is 23.5. The number of aromatic nitrogens is 6. The summed E-state index contributed by atoms with van der Waals surface area (Å²) in [5.41, 5.74) is 13.9. The van der Waals surface area contributed by atoms with E-state index in [1.54, 1.807) is 38.0 Å². The van der Waals surface area contributed by atoms with Gasteiger partial charge in [-0.2, -0.15) is 5.10 Å². The molecule has 2 aliphatic rings. The molecule has 69 heavy (non-hydrogen) atoms. The Bertz CT molecular complexity index is 3120. The molecular formula is C51H62N14O4. The Morgan fingerprint density at radius 2 is 1.42 bits per heavy atom. The molecule has 2 fully saturated rings. The average molecular weight is 935 g/mol. The van der Waals surface area contributed by atoms with Crippen LogP contribution >= 0.6 is 0 Å². The number of fused-ring (bicyclic) bond motifs is 3. The Morgan fingerprint density at radius 3 is 2.01 bits per heavy atom. The van der Waals surface area contributed by atoms with Crippen molar-refractivity contribution in [3.63, 3.8) is 0 Å². The normalized spacial score (nSPS) is 17.2. The second-order valence-electron chi connectivity index (χ2n) is 17.9. The van der Waals surface area contributed by atoms with E-state index in [2.05, 4.69) is 71.9 Å². The van der Waals surface area contributed by atoms with E-state index < -0.39 is 0 Å². The van der Waals surface area contributed by atoms with Crippen LogP contribution in [0.15, 0.2) is 59.7 Å². The first-order valence-electron chi connectivity index (χ1n) is 23.5. The number of likely N-dealkylation sites (N-methyl/N-ethyl adjacent to an activating group) is 1. The molecular weight excluding hydrogens is 873 g/mol. The van der Waals surface area contributed by atoms with Gasteiger partial charge in [0.05, 0.1) is 27.7 Å². The first-order chi connectivity index (χ1) is 33.1. The number of aliphatic imine (C=N–C) groups is 1. The zero-order chi connectivity index (χ0) is 49.3. The van der Waals surface area contributed by atoms with Crippen molar-refractivity contribution in [2.24, 2.45) is 12.0 Å². The van der Waals surface area contributed by atoms with Crippen molar-refractivity contribution < 1.29 is 19.8 Å². The lowest BCUT2D eigenvalue weighted by Gasteiger charge is -2.37. The Kier molecular flexibility index (Phi) is 13.9. The molecule has 7 aromatic rings. The first kappa shape index (κ1) is 48.0. The van der Waals surface area contributed by atoms with E-state index in [9.17, 15) is 19.8 Å². The van der Waals surface area contributed by atoms with Gasteiger partial charge in [0.25, 0.3) is 11.8 Å². The van der Waals surface area contributed by atoms with E-state index in [1.165, 1.54) is 0 Å². The topological polar surface area (TPSA) is 237 Å². The number of carbonyl (C=O) groups is 2. The summed E-state index contributed by atoms with van der Waals surface area (Å²) in [7, 11) is 5.08. The molecule has 18 nitrogen and oxygen atoms in total. The van der Waals surface area contributed by atoms with E-state index in [-0.39, 0.29) is 40.5 Å². The molecule has 0 bridgehead atoms. The van der Waals surface area contributed by atoms with E-state index in [0.29, 0.717) is 85.8 Å².